The SMILES string of the molecule is COc1ccc(N(CC(=O)O)C(COC(C)=O)(COC(C)=O)C(=O)O)c(OCCOc2cc([N+](=O)[O-])c(COc3ccc4cc(C(=O)NC5CCC(N(CC(=O)OCOC(C)=O)CC(=O)OCOC(C)=O)CC5)c(=O)oc4c3)cc2N(CC(=O)OCOC(C)=O)CC(=O)OCOC(C)=O)c1. The number of nitro benzene ring substituents is 1. The molecule has 0 saturated heterocycles. The number of amides is 1. The molecule has 1 fully saturated rings. The van der Waals surface area contributed by atoms with E-state index >= 15 is 0 Å². The van der Waals surface area contributed by atoms with E-state index in [1.54, 1.807) is 0 Å². The molecule has 0 radical (unpaired) electrons. The number of nitro groups is 1. The van der Waals surface area contributed by atoms with Crippen molar-refractivity contribution in [2.45, 2.75) is 91.5 Å². The van der Waals surface area contributed by atoms with Crippen LogP contribution in [-0.2, 0) is 112 Å². The maximum Gasteiger partial charge on any atom is 0.349 e. The van der Waals surface area contributed by atoms with Crippen LogP contribution >= 0.6 is 0 Å². The zero-order valence-electron chi connectivity index (χ0n) is 54.9. The second kappa shape index (κ2) is 38.2. The summed E-state index contributed by atoms with van der Waals surface area (Å²) in [6.45, 7) is -4.98. The van der Waals surface area contributed by atoms with E-state index in [0.29, 0.717) is 25.7 Å². The van der Waals surface area contributed by atoms with E-state index in [9.17, 15) is 87.5 Å². The number of fused-ring (bicyclic) bond motifs is 1. The number of benzene rings is 3. The van der Waals surface area contributed by atoms with Gasteiger partial charge in [0.05, 0.1) is 48.1 Å². The van der Waals surface area contributed by atoms with Gasteiger partial charge in [0.1, 0.15) is 86.8 Å². The number of ether oxygens (including phenoxy) is 14. The molecule has 0 spiro atoms. The van der Waals surface area contributed by atoms with Gasteiger partial charge in [0.25, 0.3) is 11.6 Å². The number of nitrogens with one attached hydrogen (secondary N) is 1. The smallest absolute Gasteiger partial charge is 0.349 e. The Morgan fingerprint density at radius 1 is 0.570 bits per heavy atom. The van der Waals surface area contributed by atoms with E-state index < -0.39 is 216 Å². The van der Waals surface area contributed by atoms with Gasteiger partial charge in [-0.2, -0.15) is 0 Å². The Labute approximate surface area is 566 Å². The molecule has 1 heterocycles. The van der Waals surface area contributed by atoms with E-state index in [-0.39, 0.29) is 45.2 Å². The van der Waals surface area contributed by atoms with Crippen molar-refractivity contribution in [2.24, 2.45) is 0 Å². The monoisotopic (exact) mass is 1410 g/mol. The lowest BCUT2D eigenvalue weighted by Crippen LogP contribution is -2.63. The number of anilines is 2. The number of hydrogen-bond acceptors (Lipinski definition) is 34. The molecule has 5 rings (SSSR count). The molecule has 3 N–H and O–H groups in total. The largest absolute Gasteiger partial charge is 0.497 e. The van der Waals surface area contributed by atoms with E-state index in [2.05, 4.69) is 14.8 Å². The van der Waals surface area contributed by atoms with Gasteiger partial charge >= 0.3 is 77.3 Å². The van der Waals surface area contributed by atoms with Crippen molar-refractivity contribution < 1.29 is 148 Å². The summed E-state index contributed by atoms with van der Waals surface area (Å²) < 4.78 is 77.8. The first kappa shape index (κ1) is 78.8. The molecule has 0 bridgehead atoms. The number of rotatable bonds is 39. The quantitative estimate of drug-likeness (QED) is 0.0109. The highest BCUT2D eigenvalue weighted by molar-refractivity contribution is 5.97. The molecule has 542 valence electrons. The third-order valence-corrected chi connectivity index (χ3v) is 14.1. The van der Waals surface area contributed by atoms with Gasteiger partial charge in [-0.15, -0.1) is 0 Å². The Morgan fingerprint density at radius 3 is 1.51 bits per heavy atom. The molecule has 38 heteroatoms. The van der Waals surface area contributed by atoms with Crippen LogP contribution in [-0.4, -0.2) is 209 Å². The molecule has 0 aliphatic heterocycles. The molecule has 3 aromatic carbocycles. The minimum Gasteiger partial charge on any atom is -0.497 e. The lowest BCUT2D eigenvalue weighted by atomic mass is 9.90. The van der Waals surface area contributed by atoms with Gasteiger partial charge in [-0.3, -0.25) is 72.5 Å². The summed E-state index contributed by atoms with van der Waals surface area (Å²) in [5.74, 6) is -14.1. The van der Waals surface area contributed by atoms with Crippen molar-refractivity contribution in [2.75, 3.05) is 103 Å². The van der Waals surface area contributed by atoms with E-state index in [1.165, 1.54) is 54.5 Å². The number of carboxylic acid groups (broad SMARTS) is 2. The first-order valence-corrected chi connectivity index (χ1v) is 29.8. The summed E-state index contributed by atoms with van der Waals surface area (Å²) in [7, 11) is 1.25. The molecule has 1 aliphatic rings. The van der Waals surface area contributed by atoms with E-state index in [4.69, 9.17) is 61.3 Å². The van der Waals surface area contributed by atoms with Gasteiger partial charge in [-0.05, 0) is 62.1 Å². The average molecular weight is 1410 g/mol. The van der Waals surface area contributed by atoms with Gasteiger partial charge in [0, 0.05) is 71.1 Å². The van der Waals surface area contributed by atoms with Crippen LogP contribution in [0.15, 0.2) is 63.8 Å². The third kappa shape index (κ3) is 25.0. The van der Waals surface area contributed by atoms with Crippen molar-refractivity contribution in [3.63, 3.8) is 0 Å². The maximum atomic E-state index is 13.7. The minimum atomic E-state index is -2.63. The van der Waals surface area contributed by atoms with Crippen molar-refractivity contribution >= 4 is 106 Å². The number of hydrogen-bond donors (Lipinski definition) is 3. The first-order valence-electron chi connectivity index (χ1n) is 29.8. The number of nitrogens with zero attached hydrogens (tertiary/aromatic N) is 4. The van der Waals surface area contributed by atoms with Gasteiger partial charge in [0.15, 0.2) is 0 Å². The highest BCUT2D eigenvalue weighted by Crippen LogP contribution is 2.39. The van der Waals surface area contributed by atoms with E-state index in [0.717, 1.165) is 63.5 Å². The average Bonchev–Trinajstić information content (AvgIpc) is 0.780. The molecule has 1 amide bonds. The summed E-state index contributed by atoms with van der Waals surface area (Å²) in [6, 6.07) is 9.89. The fraction of sp³-hybridized carbons (Fsp3) is 0.452. The number of carbonyl (C=O) groups is 13. The van der Waals surface area contributed by atoms with Gasteiger partial charge in [0.2, 0.25) is 32.7 Å². The van der Waals surface area contributed by atoms with Gasteiger partial charge in [-0.1, -0.05) is 0 Å². The van der Waals surface area contributed by atoms with Gasteiger partial charge in [-0.25, -0.2) is 9.59 Å². The number of methoxy groups -OCH3 is 1. The number of esters is 10. The summed E-state index contributed by atoms with van der Waals surface area (Å²) >= 11 is 0. The second-order valence-electron chi connectivity index (χ2n) is 21.4. The molecule has 1 saturated carbocycles. The maximum absolute atomic E-state index is 13.7. The number of carbonyl (C=O) groups excluding carboxylic acids is 11. The van der Waals surface area contributed by atoms with Crippen LogP contribution in [0.1, 0.15) is 83.1 Å². The van der Waals surface area contributed by atoms with Crippen LogP contribution in [0.3, 0.4) is 0 Å². The zero-order chi connectivity index (χ0) is 73.8. The predicted molar refractivity (Wildman–Crippen MR) is 331 cm³/mol. The highest BCUT2D eigenvalue weighted by atomic mass is 16.7. The van der Waals surface area contributed by atoms with Crippen LogP contribution in [0.4, 0.5) is 17.1 Å². The van der Waals surface area contributed by atoms with Crippen LogP contribution in [0.2, 0.25) is 0 Å². The summed E-state index contributed by atoms with van der Waals surface area (Å²) in [5, 5.41) is 36.8. The van der Waals surface area contributed by atoms with Crippen molar-refractivity contribution in [1.29, 1.82) is 0 Å². The first-order chi connectivity index (χ1) is 47.4. The Morgan fingerprint density at radius 2 is 1.05 bits per heavy atom. The van der Waals surface area contributed by atoms with Crippen LogP contribution in [0.25, 0.3) is 11.0 Å². The van der Waals surface area contributed by atoms with E-state index in [1.807, 2.05) is 0 Å². The fourth-order valence-electron chi connectivity index (χ4n) is 9.42. The zero-order valence-corrected chi connectivity index (χ0v) is 54.9. The molecule has 100 heavy (non-hydrogen) atoms. The second-order valence-corrected chi connectivity index (χ2v) is 21.4. The topological polar surface area (TPSA) is 487 Å². The standard InChI is InChI=1S/C62H71N5O33/c1-35(68)90-29-62(61(82)83,30-91-36(2)69)66(23-54(74)75)48-15-14-45(86-7)20-52(48)87-16-17-88-53-22-49(67(84)85)42(19-50(53)65(26-57(78)98-33-94-39(5)72)27-58(79)99-34-95-40(6)73)28-89-46-13-8-41-18-47(60(81)100-51(41)21-46)59(80)63-43-9-11-44(12-10-43)64(24-55(76)96-31-92-37(3)70)25-56(77)97-32-93-38(4)71/h8,13-15,18-22,43-44H,9-12,16-17,23-34H2,1-7H3,(H,63,80)(H,74,75)(H,82,83). The highest BCUT2D eigenvalue weighted by Gasteiger charge is 2.49. The normalized spacial score (nSPS) is 13.2. The Kier molecular flexibility index (Phi) is 30.1. The van der Waals surface area contributed by atoms with Gasteiger partial charge < -0.3 is 96.1 Å². The third-order valence-electron chi connectivity index (χ3n) is 14.1. The molecule has 0 unspecified atom stereocenters. The van der Waals surface area contributed by atoms with Crippen molar-refractivity contribution in [3.8, 4) is 23.0 Å². The molecular weight excluding hydrogens is 1340 g/mol. The van der Waals surface area contributed by atoms with Crippen LogP contribution in [0.5, 0.6) is 23.0 Å². The van der Waals surface area contributed by atoms with Crippen LogP contribution < -0.4 is 39.7 Å². The molecule has 4 aromatic rings. The lowest BCUT2D eigenvalue weighted by molar-refractivity contribution is -0.385. The summed E-state index contributed by atoms with van der Waals surface area (Å²) in [6.07, 6.45) is 1.21. The van der Waals surface area contributed by atoms with Crippen molar-refractivity contribution in [1.82, 2.24) is 10.2 Å². The molecule has 0 atom stereocenters. The molecule has 1 aliphatic carbocycles. The van der Waals surface area contributed by atoms with Crippen molar-refractivity contribution in [3.05, 3.63) is 86.3 Å². The molecular formula is C62H71N5O33. The molecule has 38 nitrogen and oxygen atoms in total. The Balaban J connectivity index is 1.45. The van der Waals surface area contributed by atoms with Crippen LogP contribution in [0, 0.1) is 10.1 Å². The Hall–Kier alpha value is -11.9. The minimum absolute atomic E-state index is 0.0618. The Bertz CT molecular complexity index is 3660. The summed E-state index contributed by atoms with van der Waals surface area (Å²) in [5.41, 5.74) is -5.86. The number of aliphatic carboxylic acids is 2. The summed E-state index contributed by atoms with van der Waals surface area (Å²) in [4.78, 5) is 190. The molecule has 1 aromatic heterocycles. The lowest BCUT2D eigenvalue weighted by Gasteiger charge is -2.40. The predicted octanol–water partition coefficient (Wildman–Crippen LogP) is 1.99. The number of carboxylic acids is 2. The fourth-order valence-corrected chi connectivity index (χ4v) is 9.42.